The zero-order valence-corrected chi connectivity index (χ0v) is 11.4. The highest BCUT2D eigenvalue weighted by molar-refractivity contribution is 5.26. The number of nitrogens with one attached hydrogen (secondary N) is 2. The van der Waals surface area contributed by atoms with Crippen LogP contribution in [-0.4, -0.2) is 19.1 Å². The van der Waals surface area contributed by atoms with Crippen LogP contribution >= 0.6 is 0 Å². The second-order valence-corrected chi connectivity index (χ2v) is 4.61. The van der Waals surface area contributed by atoms with Crippen LogP contribution in [0.25, 0.3) is 0 Å². The first-order chi connectivity index (χ1) is 8.27. The third-order valence-electron chi connectivity index (χ3n) is 3.02. The van der Waals surface area contributed by atoms with E-state index >= 15 is 0 Å². The highest BCUT2D eigenvalue weighted by Crippen LogP contribution is 2.09. The number of hydrogen-bond acceptors (Lipinski definition) is 2. The second-order valence-electron chi connectivity index (χ2n) is 4.61. The van der Waals surface area contributed by atoms with E-state index in [0.717, 1.165) is 26.1 Å². The summed E-state index contributed by atoms with van der Waals surface area (Å²) in [5, 5.41) is 7.01. The van der Waals surface area contributed by atoms with E-state index < -0.39 is 0 Å². The van der Waals surface area contributed by atoms with Crippen LogP contribution < -0.4 is 10.6 Å². The molecule has 0 aromatic heterocycles. The van der Waals surface area contributed by atoms with Crippen molar-refractivity contribution in [1.82, 2.24) is 10.6 Å². The van der Waals surface area contributed by atoms with Gasteiger partial charge in [0.25, 0.3) is 0 Å². The van der Waals surface area contributed by atoms with Gasteiger partial charge in [-0.25, -0.2) is 0 Å². The smallest absolute Gasteiger partial charge is 0.0211 e. The summed E-state index contributed by atoms with van der Waals surface area (Å²) >= 11 is 0. The molecule has 1 rings (SSSR count). The maximum atomic E-state index is 3.57. The van der Waals surface area contributed by atoms with Gasteiger partial charge in [-0.15, -0.1) is 0 Å². The Balaban J connectivity index is 2.33. The zero-order chi connectivity index (χ0) is 12.5. The predicted molar refractivity (Wildman–Crippen MR) is 75.3 cm³/mol. The molecule has 2 nitrogen and oxygen atoms in total. The maximum absolute atomic E-state index is 3.57. The third-order valence-corrected chi connectivity index (χ3v) is 3.02. The maximum Gasteiger partial charge on any atom is 0.0211 e. The van der Waals surface area contributed by atoms with Gasteiger partial charge in [0.05, 0.1) is 0 Å². The average molecular weight is 234 g/mol. The fourth-order valence-electron chi connectivity index (χ4n) is 1.93. The lowest BCUT2D eigenvalue weighted by Crippen LogP contribution is -2.36. The van der Waals surface area contributed by atoms with E-state index in [-0.39, 0.29) is 0 Å². The molecule has 0 saturated carbocycles. The van der Waals surface area contributed by atoms with Gasteiger partial charge in [-0.3, -0.25) is 0 Å². The molecule has 0 spiro atoms. The minimum Gasteiger partial charge on any atom is -0.315 e. The number of aryl methyl sites for hydroxylation is 1. The topological polar surface area (TPSA) is 24.1 Å². The highest BCUT2D eigenvalue weighted by atomic mass is 15.0. The van der Waals surface area contributed by atoms with Gasteiger partial charge in [0.2, 0.25) is 0 Å². The fourth-order valence-corrected chi connectivity index (χ4v) is 1.93. The van der Waals surface area contributed by atoms with Gasteiger partial charge in [-0.2, -0.15) is 0 Å². The minimum absolute atomic E-state index is 0.520. The van der Waals surface area contributed by atoms with E-state index in [1.807, 2.05) is 0 Å². The summed E-state index contributed by atoms with van der Waals surface area (Å²) in [6.45, 7) is 9.77. The molecule has 1 unspecified atom stereocenters. The molecule has 2 N–H and O–H groups in total. The van der Waals surface area contributed by atoms with Crippen molar-refractivity contribution < 1.29 is 0 Å². The summed E-state index contributed by atoms with van der Waals surface area (Å²) in [5.41, 5.74) is 2.88. The van der Waals surface area contributed by atoms with E-state index in [1.165, 1.54) is 17.5 Å². The normalized spacial score (nSPS) is 12.6. The number of benzene rings is 1. The van der Waals surface area contributed by atoms with Crippen molar-refractivity contribution in [1.29, 1.82) is 0 Å². The molecule has 96 valence electrons. The number of rotatable bonds is 8. The van der Waals surface area contributed by atoms with Gasteiger partial charge in [0.15, 0.2) is 0 Å². The standard InChI is InChI=1S/C15H26N2/c1-4-10-16-11-13(3)17-12-15-9-7-6-8-14(15)5-2/h6-9,13,16-17H,4-5,10-12H2,1-3H3. The molecule has 0 fully saturated rings. The van der Waals surface area contributed by atoms with Crippen LogP contribution in [0, 0.1) is 0 Å². The lowest BCUT2D eigenvalue weighted by molar-refractivity contribution is 0.500. The summed E-state index contributed by atoms with van der Waals surface area (Å²) in [5.74, 6) is 0. The van der Waals surface area contributed by atoms with Crippen LogP contribution in [0.2, 0.25) is 0 Å². The van der Waals surface area contributed by atoms with Crippen molar-refractivity contribution in [2.24, 2.45) is 0 Å². The van der Waals surface area contributed by atoms with E-state index in [0.29, 0.717) is 6.04 Å². The Kier molecular flexibility index (Phi) is 6.90. The van der Waals surface area contributed by atoms with E-state index in [1.54, 1.807) is 0 Å². The van der Waals surface area contributed by atoms with Gasteiger partial charge < -0.3 is 10.6 Å². The van der Waals surface area contributed by atoms with Crippen molar-refractivity contribution in [3.8, 4) is 0 Å². The van der Waals surface area contributed by atoms with Gasteiger partial charge >= 0.3 is 0 Å². The molecule has 0 aliphatic rings. The Hall–Kier alpha value is -0.860. The van der Waals surface area contributed by atoms with Gasteiger partial charge in [-0.05, 0) is 37.4 Å². The van der Waals surface area contributed by atoms with Crippen molar-refractivity contribution >= 4 is 0 Å². The Morgan fingerprint density at radius 2 is 1.82 bits per heavy atom. The van der Waals surface area contributed by atoms with Crippen LogP contribution in [0.3, 0.4) is 0 Å². The zero-order valence-electron chi connectivity index (χ0n) is 11.4. The summed E-state index contributed by atoms with van der Waals surface area (Å²) in [6.07, 6.45) is 2.31. The first-order valence-corrected chi connectivity index (χ1v) is 6.78. The molecule has 1 aromatic rings. The third kappa shape index (κ3) is 5.33. The molecular formula is C15H26N2. The Morgan fingerprint density at radius 3 is 2.47 bits per heavy atom. The monoisotopic (exact) mass is 234 g/mol. The fraction of sp³-hybridized carbons (Fsp3) is 0.600. The number of hydrogen-bond donors (Lipinski definition) is 2. The van der Waals surface area contributed by atoms with Crippen LogP contribution in [0.1, 0.15) is 38.3 Å². The van der Waals surface area contributed by atoms with Crippen LogP contribution in [0.5, 0.6) is 0 Å². The van der Waals surface area contributed by atoms with E-state index in [9.17, 15) is 0 Å². The molecule has 0 saturated heterocycles. The molecule has 0 bridgehead atoms. The molecule has 0 radical (unpaired) electrons. The first-order valence-electron chi connectivity index (χ1n) is 6.78. The molecular weight excluding hydrogens is 208 g/mol. The highest BCUT2D eigenvalue weighted by Gasteiger charge is 2.03. The van der Waals surface area contributed by atoms with Crippen LogP contribution in [0.4, 0.5) is 0 Å². The molecule has 0 amide bonds. The lowest BCUT2D eigenvalue weighted by Gasteiger charge is -2.16. The Bertz CT molecular complexity index is 310. The van der Waals surface area contributed by atoms with Gasteiger partial charge in [0, 0.05) is 19.1 Å². The van der Waals surface area contributed by atoms with E-state index in [4.69, 9.17) is 0 Å². The van der Waals surface area contributed by atoms with Gasteiger partial charge in [-0.1, -0.05) is 38.1 Å². The second kappa shape index (κ2) is 8.26. The van der Waals surface area contributed by atoms with Gasteiger partial charge in [0.1, 0.15) is 0 Å². The molecule has 0 heterocycles. The minimum atomic E-state index is 0.520. The largest absolute Gasteiger partial charge is 0.315 e. The lowest BCUT2D eigenvalue weighted by atomic mass is 10.1. The summed E-state index contributed by atoms with van der Waals surface area (Å²) in [7, 11) is 0. The summed E-state index contributed by atoms with van der Waals surface area (Å²) in [4.78, 5) is 0. The van der Waals surface area contributed by atoms with Crippen LogP contribution in [0.15, 0.2) is 24.3 Å². The van der Waals surface area contributed by atoms with Crippen molar-refractivity contribution in [2.45, 2.75) is 46.2 Å². The van der Waals surface area contributed by atoms with Crippen molar-refractivity contribution in [3.05, 3.63) is 35.4 Å². The Morgan fingerprint density at radius 1 is 1.12 bits per heavy atom. The average Bonchev–Trinajstić information content (AvgIpc) is 2.37. The van der Waals surface area contributed by atoms with Crippen molar-refractivity contribution in [2.75, 3.05) is 13.1 Å². The van der Waals surface area contributed by atoms with E-state index in [2.05, 4.69) is 55.7 Å². The van der Waals surface area contributed by atoms with Crippen molar-refractivity contribution in [3.63, 3.8) is 0 Å². The molecule has 0 aliphatic heterocycles. The summed E-state index contributed by atoms with van der Waals surface area (Å²) in [6, 6.07) is 9.20. The SMILES string of the molecule is CCCNCC(C)NCc1ccccc1CC. The molecule has 0 aliphatic carbocycles. The Labute approximate surface area is 106 Å². The quantitative estimate of drug-likeness (QED) is 0.676. The molecule has 2 heteroatoms. The summed E-state index contributed by atoms with van der Waals surface area (Å²) < 4.78 is 0. The van der Waals surface area contributed by atoms with Crippen LogP contribution in [-0.2, 0) is 13.0 Å². The molecule has 1 aromatic carbocycles. The first kappa shape index (κ1) is 14.2. The molecule has 17 heavy (non-hydrogen) atoms. The molecule has 1 atom stereocenters. The predicted octanol–water partition coefficient (Wildman–Crippen LogP) is 2.73.